The Bertz CT molecular complexity index is 863. The van der Waals surface area contributed by atoms with Crippen molar-refractivity contribution in [3.63, 3.8) is 0 Å². The first-order valence-electron chi connectivity index (χ1n) is 8.64. The molecule has 1 aliphatic carbocycles. The summed E-state index contributed by atoms with van der Waals surface area (Å²) in [5.41, 5.74) is 1.63. The molecule has 24 heavy (non-hydrogen) atoms. The summed E-state index contributed by atoms with van der Waals surface area (Å²) >= 11 is 0. The molecule has 3 aromatic carbocycles. The van der Waals surface area contributed by atoms with Crippen LogP contribution in [0, 0.1) is 0 Å². The predicted molar refractivity (Wildman–Crippen MR) is 99.2 cm³/mol. The highest BCUT2D eigenvalue weighted by molar-refractivity contribution is 6.01. The second kappa shape index (κ2) is 6.12. The number of anilines is 1. The van der Waals surface area contributed by atoms with E-state index in [1.165, 1.54) is 5.39 Å². The van der Waals surface area contributed by atoms with E-state index in [-0.39, 0.29) is 11.3 Å². The van der Waals surface area contributed by atoms with Crippen LogP contribution in [0.3, 0.4) is 0 Å². The number of carbonyl (C=O) groups is 1. The maximum atomic E-state index is 13.2. The van der Waals surface area contributed by atoms with E-state index in [2.05, 4.69) is 41.7 Å². The quantitative estimate of drug-likeness (QED) is 0.699. The minimum atomic E-state index is -0.382. The molecular formula is C22H21NO. The number of amides is 1. The number of carbonyl (C=O) groups excluding carboxylic acids is 1. The molecule has 0 unspecified atom stereocenters. The lowest BCUT2D eigenvalue weighted by atomic mass is 9.78. The summed E-state index contributed by atoms with van der Waals surface area (Å²) in [6.07, 6.45) is 4.08. The maximum Gasteiger partial charge on any atom is 0.235 e. The zero-order valence-electron chi connectivity index (χ0n) is 13.7. The van der Waals surface area contributed by atoms with Crippen LogP contribution < -0.4 is 5.32 Å². The molecule has 3 aromatic rings. The second-order valence-electron chi connectivity index (χ2n) is 6.67. The van der Waals surface area contributed by atoms with Crippen molar-refractivity contribution in [1.82, 2.24) is 0 Å². The summed E-state index contributed by atoms with van der Waals surface area (Å²) in [7, 11) is 0. The van der Waals surface area contributed by atoms with Crippen molar-refractivity contribution < 1.29 is 4.79 Å². The van der Waals surface area contributed by atoms with Crippen LogP contribution in [0.5, 0.6) is 0 Å². The summed E-state index contributed by atoms with van der Waals surface area (Å²) in [4.78, 5) is 13.2. The molecule has 0 radical (unpaired) electrons. The molecule has 2 nitrogen and oxygen atoms in total. The van der Waals surface area contributed by atoms with E-state index in [1.807, 2.05) is 36.4 Å². The largest absolute Gasteiger partial charge is 0.325 e. The third-order valence-corrected chi connectivity index (χ3v) is 5.23. The highest BCUT2D eigenvalue weighted by Crippen LogP contribution is 2.42. The lowest BCUT2D eigenvalue weighted by Crippen LogP contribution is -2.37. The first kappa shape index (κ1) is 14.9. The van der Waals surface area contributed by atoms with E-state index >= 15 is 0 Å². The van der Waals surface area contributed by atoms with Gasteiger partial charge in [-0.3, -0.25) is 4.79 Å². The molecule has 1 amide bonds. The molecule has 0 saturated heterocycles. The molecule has 2 heteroatoms. The van der Waals surface area contributed by atoms with Crippen LogP contribution >= 0.6 is 0 Å². The van der Waals surface area contributed by atoms with E-state index in [4.69, 9.17) is 0 Å². The lowest BCUT2D eigenvalue weighted by molar-refractivity contribution is -0.121. The fraction of sp³-hybridized carbons (Fsp3) is 0.227. The van der Waals surface area contributed by atoms with Gasteiger partial charge in [-0.25, -0.2) is 0 Å². The highest BCUT2D eigenvalue weighted by atomic mass is 16.2. The van der Waals surface area contributed by atoms with Crippen molar-refractivity contribution in [2.75, 3.05) is 5.32 Å². The van der Waals surface area contributed by atoms with Crippen molar-refractivity contribution in [1.29, 1.82) is 0 Å². The Hall–Kier alpha value is -2.61. The van der Waals surface area contributed by atoms with Gasteiger partial charge in [0.2, 0.25) is 5.91 Å². The Balaban J connectivity index is 1.65. The minimum absolute atomic E-state index is 0.126. The molecule has 120 valence electrons. The second-order valence-corrected chi connectivity index (χ2v) is 6.67. The summed E-state index contributed by atoms with van der Waals surface area (Å²) in [5, 5.41) is 5.51. The number of hydrogen-bond donors (Lipinski definition) is 1. The van der Waals surface area contributed by atoms with E-state index in [1.54, 1.807) is 0 Å². The molecule has 1 N–H and O–H groups in total. The van der Waals surface area contributed by atoms with Crippen LogP contribution in [0.25, 0.3) is 10.8 Å². The van der Waals surface area contributed by atoms with Gasteiger partial charge in [0.05, 0.1) is 5.41 Å². The van der Waals surface area contributed by atoms with Crippen molar-refractivity contribution in [3.8, 4) is 0 Å². The van der Waals surface area contributed by atoms with Gasteiger partial charge in [-0.1, -0.05) is 73.5 Å². The van der Waals surface area contributed by atoms with Crippen molar-refractivity contribution in [2.45, 2.75) is 31.1 Å². The predicted octanol–water partition coefficient (Wildman–Crippen LogP) is 5.29. The molecule has 0 aromatic heterocycles. The SMILES string of the molecule is O=C(Nc1ccc2ccccc2c1)C1(c2ccccc2)CCCC1. The molecule has 1 aliphatic rings. The number of rotatable bonds is 3. The smallest absolute Gasteiger partial charge is 0.235 e. The van der Waals surface area contributed by atoms with E-state index in [0.29, 0.717) is 0 Å². The van der Waals surface area contributed by atoms with Crippen molar-refractivity contribution in [3.05, 3.63) is 78.4 Å². The molecular weight excluding hydrogens is 294 g/mol. The Morgan fingerprint density at radius 3 is 2.21 bits per heavy atom. The molecule has 1 saturated carbocycles. The normalized spacial score (nSPS) is 16.2. The monoisotopic (exact) mass is 315 g/mol. The Kier molecular flexibility index (Phi) is 3.81. The fourth-order valence-corrected chi connectivity index (χ4v) is 3.90. The van der Waals surface area contributed by atoms with Crippen LogP contribution in [0.1, 0.15) is 31.2 Å². The minimum Gasteiger partial charge on any atom is -0.325 e. The molecule has 1 fully saturated rings. The van der Waals surface area contributed by atoms with E-state index < -0.39 is 0 Å². The molecule has 4 rings (SSSR count). The molecule has 0 spiro atoms. The standard InChI is InChI=1S/C22H21NO/c24-21(22(14-6-7-15-22)19-10-2-1-3-11-19)23-20-13-12-17-8-4-5-9-18(17)16-20/h1-5,8-13,16H,6-7,14-15H2,(H,23,24). The highest BCUT2D eigenvalue weighted by Gasteiger charge is 2.42. The van der Waals surface area contributed by atoms with Crippen molar-refractivity contribution >= 4 is 22.4 Å². The number of hydrogen-bond acceptors (Lipinski definition) is 1. The maximum absolute atomic E-state index is 13.2. The van der Waals surface area contributed by atoms with Gasteiger partial charge in [0.25, 0.3) is 0 Å². The van der Waals surface area contributed by atoms with Crippen LogP contribution in [-0.2, 0) is 10.2 Å². The third-order valence-electron chi connectivity index (χ3n) is 5.23. The van der Waals surface area contributed by atoms with Gasteiger partial charge in [-0.2, -0.15) is 0 Å². The van der Waals surface area contributed by atoms with E-state index in [9.17, 15) is 4.79 Å². The van der Waals surface area contributed by atoms with Crippen LogP contribution in [0.4, 0.5) is 5.69 Å². The number of nitrogens with one attached hydrogen (secondary N) is 1. The topological polar surface area (TPSA) is 29.1 Å². The summed E-state index contributed by atoms with van der Waals surface area (Å²) in [6, 6.07) is 24.6. The Morgan fingerprint density at radius 2 is 1.46 bits per heavy atom. The fourth-order valence-electron chi connectivity index (χ4n) is 3.90. The molecule has 0 aliphatic heterocycles. The van der Waals surface area contributed by atoms with Crippen LogP contribution in [0.15, 0.2) is 72.8 Å². The lowest BCUT2D eigenvalue weighted by Gasteiger charge is -2.28. The average Bonchev–Trinajstić information content (AvgIpc) is 3.13. The van der Waals surface area contributed by atoms with E-state index in [0.717, 1.165) is 42.3 Å². The van der Waals surface area contributed by atoms with Gasteiger partial charge in [0.15, 0.2) is 0 Å². The third kappa shape index (κ3) is 2.58. The van der Waals surface area contributed by atoms with Crippen LogP contribution in [0.2, 0.25) is 0 Å². The first-order chi connectivity index (χ1) is 11.8. The van der Waals surface area contributed by atoms with Gasteiger partial charge in [0.1, 0.15) is 0 Å². The van der Waals surface area contributed by atoms with Gasteiger partial charge >= 0.3 is 0 Å². The molecule has 0 bridgehead atoms. The zero-order valence-corrected chi connectivity index (χ0v) is 13.7. The molecule has 0 heterocycles. The van der Waals surface area contributed by atoms with Gasteiger partial charge in [-0.05, 0) is 41.3 Å². The van der Waals surface area contributed by atoms with Crippen molar-refractivity contribution in [2.24, 2.45) is 0 Å². The van der Waals surface area contributed by atoms with Crippen LogP contribution in [-0.4, -0.2) is 5.91 Å². The Morgan fingerprint density at radius 1 is 0.792 bits per heavy atom. The summed E-state index contributed by atoms with van der Waals surface area (Å²) in [5.74, 6) is 0.126. The Labute approximate surface area is 142 Å². The van der Waals surface area contributed by atoms with Gasteiger partial charge in [-0.15, -0.1) is 0 Å². The van der Waals surface area contributed by atoms with Gasteiger partial charge < -0.3 is 5.32 Å². The first-order valence-corrected chi connectivity index (χ1v) is 8.64. The summed E-state index contributed by atoms with van der Waals surface area (Å²) in [6.45, 7) is 0. The zero-order chi connectivity index (χ0) is 16.4. The number of fused-ring (bicyclic) bond motifs is 1. The summed E-state index contributed by atoms with van der Waals surface area (Å²) < 4.78 is 0. The number of benzene rings is 3. The van der Waals surface area contributed by atoms with Gasteiger partial charge in [0, 0.05) is 5.69 Å². The average molecular weight is 315 g/mol. The molecule has 0 atom stereocenters.